The fourth-order valence-electron chi connectivity index (χ4n) is 1.77. The van der Waals surface area contributed by atoms with Gasteiger partial charge in [0.2, 0.25) is 0 Å². The molecule has 0 aliphatic rings. The van der Waals surface area contributed by atoms with Crippen LogP contribution in [-0.4, -0.2) is 51.3 Å². The summed E-state index contributed by atoms with van der Waals surface area (Å²) in [7, 11) is 3.97. The van der Waals surface area contributed by atoms with E-state index in [1.54, 1.807) is 7.11 Å². The Morgan fingerprint density at radius 1 is 1.18 bits per heavy atom. The lowest BCUT2D eigenvalue weighted by Crippen LogP contribution is -2.39. The van der Waals surface area contributed by atoms with E-state index in [0.29, 0.717) is 11.5 Å². The lowest BCUT2D eigenvalue weighted by molar-refractivity contribution is 0.139. The molecule has 0 radical (unpaired) electrons. The van der Waals surface area contributed by atoms with Crippen molar-refractivity contribution in [3.8, 4) is 0 Å². The van der Waals surface area contributed by atoms with Crippen molar-refractivity contribution in [1.29, 1.82) is 0 Å². The minimum atomic E-state index is 0.367. The Morgan fingerprint density at radius 2 is 1.82 bits per heavy atom. The van der Waals surface area contributed by atoms with Crippen LogP contribution in [0.4, 0.5) is 0 Å². The summed E-state index contributed by atoms with van der Waals surface area (Å²) < 4.78 is 4.98. The van der Waals surface area contributed by atoms with Crippen LogP contribution >= 0.6 is 0 Å². The molecule has 3 heteroatoms. The standard InChI is InChI=1S/C14H32N2O/c1-13(14(2,3)4)16(5)11-8-7-9-15-10-12-17-6/h13,15H,7-12H2,1-6H3. The second-order valence-corrected chi connectivity index (χ2v) is 5.97. The molecule has 0 aromatic carbocycles. The van der Waals surface area contributed by atoms with Crippen molar-refractivity contribution < 1.29 is 4.74 Å². The van der Waals surface area contributed by atoms with Crippen LogP contribution in [0.2, 0.25) is 0 Å². The predicted molar refractivity (Wildman–Crippen MR) is 75.5 cm³/mol. The van der Waals surface area contributed by atoms with E-state index in [4.69, 9.17) is 4.74 Å². The van der Waals surface area contributed by atoms with Crippen molar-refractivity contribution in [2.45, 2.75) is 46.6 Å². The molecule has 17 heavy (non-hydrogen) atoms. The first-order valence-corrected chi connectivity index (χ1v) is 6.79. The Kier molecular flexibility index (Phi) is 8.83. The van der Waals surface area contributed by atoms with Gasteiger partial charge in [0, 0.05) is 19.7 Å². The number of hydrogen-bond donors (Lipinski definition) is 1. The Balaban J connectivity index is 3.48. The maximum atomic E-state index is 4.98. The number of hydrogen-bond acceptors (Lipinski definition) is 3. The van der Waals surface area contributed by atoms with Crippen molar-refractivity contribution in [3.63, 3.8) is 0 Å². The third kappa shape index (κ3) is 8.58. The summed E-state index contributed by atoms with van der Waals surface area (Å²) in [4.78, 5) is 2.47. The Labute approximate surface area is 108 Å². The third-order valence-corrected chi connectivity index (χ3v) is 3.51. The maximum Gasteiger partial charge on any atom is 0.0587 e. The Hall–Kier alpha value is -0.120. The van der Waals surface area contributed by atoms with Crippen molar-refractivity contribution in [2.24, 2.45) is 5.41 Å². The van der Waals surface area contributed by atoms with E-state index < -0.39 is 0 Å². The van der Waals surface area contributed by atoms with Crippen LogP contribution in [-0.2, 0) is 4.74 Å². The largest absolute Gasteiger partial charge is 0.383 e. The van der Waals surface area contributed by atoms with Crippen LogP contribution in [0.3, 0.4) is 0 Å². The summed E-state index contributed by atoms with van der Waals surface area (Å²) in [5.41, 5.74) is 0.367. The third-order valence-electron chi connectivity index (χ3n) is 3.51. The predicted octanol–water partition coefficient (Wildman–Crippen LogP) is 2.37. The molecule has 3 nitrogen and oxygen atoms in total. The molecular formula is C14H32N2O. The van der Waals surface area contributed by atoms with E-state index in [1.165, 1.54) is 19.4 Å². The summed E-state index contributed by atoms with van der Waals surface area (Å²) in [6.07, 6.45) is 2.50. The summed E-state index contributed by atoms with van der Waals surface area (Å²) in [5, 5.41) is 3.38. The molecule has 104 valence electrons. The second kappa shape index (κ2) is 8.90. The van der Waals surface area contributed by atoms with Crippen molar-refractivity contribution in [2.75, 3.05) is 40.4 Å². The van der Waals surface area contributed by atoms with Crippen LogP contribution < -0.4 is 5.32 Å². The molecule has 0 aliphatic carbocycles. The molecule has 0 saturated heterocycles. The molecule has 0 heterocycles. The molecule has 0 aliphatic heterocycles. The summed E-state index contributed by atoms with van der Waals surface area (Å²) >= 11 is 0. The summed E-state index contributed by atoms with van der Waals surface area (Å²) in [6, 6.07) is 0.629. The number of ether oxygens (including phenoxy) is 1. The van der Waals surface area contributed by atoms with Gasteiger partial charge < -0.3 is 15.0 Å². The Morgan fingerprint density at radius 3 is 2.35 bits per heavy atom. The lowest BCUT2D eigenvalue weighted by atomic mass is 9.87. The molecule has 1 atom stereocenters. The van der Waals surface area contributed by atoms with Gasteiger partial charge in [-0.2, -0.15) is 0 Å². The minimum Gasteiger partial charge on any atom is -0.383 e. The zero-order chi connectivity index (χ0) is 13.3. The fourth-order valence-corrected chi connectivity index (χ4v) is 1.77. The van der Waals surface area contributed by atoms with E-state index in [0.717, 1.165) is 19.7 Å². The van der Waals surface area contributed by atoms with Crippen LogP contribution in [0.25, 0.3) is 0 Å². The molecule has 0 bridgehead atoms. The molecule has 0 fully saturated rings. The van der Waals surface area contributed by atoms with Crippen LogP contribution in [0, 0.1) is 5.41 Å². The number of rotatable bonds is 9. The highest BCUT2D eigenvalue weighted by Gasteiger charge is 2.23. The van der Waals surface area contributed by atoms with Crippen molar-refractivity contribution in [1.82, 2.24) is 10.2 Å². The minimum absolute atomic E-state index is 0.367. The van der Waals surface area contributed by atoms with E-state index in [2.05, 4.69) is 45.0 Å². The number of methoxy groups -OCH3 is 1. The first-order valence-electron chi connectivity index (χ1n) is 6.79. The topological polar surface area (TPSA) is 24.5 Å². The van der Waals surface area contributed by atoms with E-state index >= 15 is 0 Å². The van der Waals surface area contributed by atoms with Crippen LogP contribution in [0.5, 0.6) is 0 Å². The molecule has 0 spiro atoms. The molecule has 1 N–H and O–H groups in total. The second-order valence-electron chi connectivity index (χ2n) is 5.97. The average Bonchev–Trinajstić information content (AvgIpc) is 2.25. The van der Waals surface area contributed by atoms with Gasteiger partial charge in [0.15, 0.2) is 0 Å². The molecule has 1 unspecified atom stereocenters. The Bertz CT molecular complexity index is 178. The first kappa shape index (κ1) is 16.9. The van der Waals surface area contributed by atoms with Gasteiger partial charge in [-0.3, -0.25) is 0 Å². The van der Waals surface area contributed by atoms with Gasteiger partial charge in [0.05, 0.1) is 6.61 Å². The molecule has 0 amide bonds. The molecule has 0 rings (SSSR count). The average molecular weight is 244 g/mol. The molecule has 0 aromatic rings. The van der Waals surface area contributed by atoms with Gasteiger partial charge in [-0.05, 0) is 45.3 Å². The summed E-state index contributed by atoms with van der Waals surface area (Å²) in [5.74, 6) is 0. The highest BCUT2D eigenvalue weighted by molar-refractivity contribution is 4.77. The number of unbranched alkanes of at least 4 members (excludes halogenated alkanes) is 1. The monoisotopic (exact) mass is 244 g/mol. The number of nitrogens with one attached hydrogen (secondary N) is 1. The van der Waals surface area contributed by atoms with Crippen molar-refractivity contribution in [3.05, 3.63) is 0 Å². The number of nitrogens with zero attached hydrogens (tertiary/aromatic N) is 1. The van der Waals surface area contributed by atoms with Crippen molar-refractivity contribution >= 4 is 0 Å². The highest BCUT2D eigenvalue weighted by atomic mass is 16.5. The zero-order valence-corrected chi connectivity index (χ0v) is 12.7. The quantitative estimate of drug-likeness (QED) is 0.630. The lowest BCUT2D eigenvalue weighted by Gasteiger charge is -2.35. The van der Waals surface area contributed by atoms with Crippen LogP contribution in [0.15, 0.2) is 0 Å². The fraction of sp³-hybridized carbons (Fsp3) is 1.00. The SMILES string of the molecule is COCCNCCCCN(C)C(C)C(C)(C)C. The van der Waals surface area contributed by atoms with E-state index in [-0.39, 0.29) is 0 Å². The molecule has 0 saturated carbocycles. The van der Waals surface area contributed by atoms with Gasteiger partial charge in [0.25, 0.3) is 0 Å². The van der Waals surface area contributed by atoms with Gasteiger partial charge in [-0.15, -0.1) is 0 Å². The zero-order valence-electron chi connectivity index (χ0n) is 12.7. The van der Waals surface area contributed by atoms with Gasteiger partial charge in [-0.25, -0.2) is 0 Å². The van der Waals surface area contributed by atoms with E-state index in [9.17, 15) is 0 Å². The van der Waals surface area contributed by atoms with Crippen LogP contribution in [0.1, 0.15) is 40.5 Å². The summed E-state index contributed by atoms with van der Waals surface area (Å²) in [6.45, 7) is 13.3. The van der Waals surface area contributed by atoms with Gasteiger partial charge >= 0.3 is 0 Å². The first-order chi connectivity index (χ1) is 7.89. The maximum absolute atomic E-state index is 4.98. The normalized spacial score (nSPS) is 14.3. The van der Waals surface area contributed by atoms with E-state index in [1.807, 2.05) is 0 Å². The van der Waals surface area contributed by atoms with Gasteiger partial charge in [-0.1, -0.05) is 20.8 Å². The van der Waals surface area contributed by atoms with Gasteiger partial charge in [0.1, 0.15) is 0 Å². The highest BCUT2D eigenvalue weighted by Crippen LogP contribution is 2.22. The molecule has 0 aromatic heterocycles. The molecular weight excluding hydrogens is 212 g/mol. The smallest absolute Gasteiger partial charge is 0.0587 e.